The van der Waals surface area contributed by atoms with Gasteiger partial charge in [-0.05, 0) is 30.3 Å². The first kappa shape index (κ1) is 16.4. The molecule has 4 nitrogen and oxygen atoms in total. The molecule has 0 N–H and O–H groups in total. The maximum atomic E-state index is 11.8. The first-order chi connectivity index (χ1) is 10.4. The molecule has 116 valence electrons. The number of pyridine rings is 1. The molecule has 0 aliphatic rings. The summed E-state index contributed by atoms with van der Waals surface area (Å²) in [6.45, 7) is 6.19. The van der Waals surface area contributed by atoms with Crippen molar-refractivity contribution in [2.75, 3.05) is 5.75 Å². The van der Waals surface area contributed by atoms with Gasteiger partial charge in [-0.25, -0.2) is 4.98 Å². The van der Waals surface area contributed by atoms with E-state index in [1.165, 1.54) is 0 Å². The third-order valence-electron chi connectivity index (χ3n) is 2.54. The summed E-state index contributed by atoms with van der Waals surface area (Å²) in [7, 11) is 0. The van der Waals surface area contributed by atoms with Crippen LogP contribution in [0.3, 0.4) is 0 Å². The minimum Gasteiger partial charge on any atom is -0.439 e. The van der Waals surface area contributed by atoms with Gasteiger partial charge in [-0.15, -0.1) is 11.8 Å². The number of rotatable bonds is 5. The number of carbonyl (C=O) groups is 1. The monoisotopic (exact) mass is 317 g/mol. The molecule has 0 saturated carbocycles. The van der Waals surface area contributed by atoms with Crippen LogP contribution in [0.4, 0.5) is 0 Å². The maximum Gasteiger partial charge on any atom is 0.321 e. The molecular weight excluding hydrogens is 298 g/mol. The van der Waals surface area contributed by atoms with E-state index in [0.717, 1.165) is 0 Å². The fourth-order valence-corrected chi connectivity index (χ4v) is 2.15. The molecule has 5 heteroatoms. The molecule has 0 saturated heterocycles. The molecule has 1 heterocycles. The zero-order valence-electron chi connectivity index (χ0n) is 12.9. The van der Waals surface area contributed by atoms with Gasteiger partial charge in [0.2, 0.25) is 5.88 Å². The van der Waals surface area contributed by atoms with Crippen molar-refractivity contribution < 1.29 is 14.3 Å². The molecule has 0 spiro atoms. The SMILES string of the molecule is CC(C)(C)SCC(=O)Oc1ccc(Oc2ccccn2)cc1. The Morgan fingerprint density at radius 2 is 1.77 bits per heavy atom. The van der Waals surface area contributed by atoms with Gasteiger partial charge in [-0.3, -0.25) is 4.79 Å². The Labute approximate surface area is 134 Å². The summed E-state index contributed by atoms with van der Waals surface area (Å²) in [5.74, 6) is 1.75. The predicted molar refractivity (Wildman–Crippen MR) is 88.6 cm³/mol. The van der Waals surface area contributed by atoms with Crippen LogP contribution in [0.1, 0.15) is 20.8 Å². The summed E-state index contributed by atoms with van der Waals surface area (Å²) in [6.07, 6.45) is 1.67. The number of carbonyl (C=O) groups excluding carboxylic acids is 1. The average Bonchev–Trinajstić information content (AvgIpc) is 2.48. The molecule has 0 aliphatic carbocycles. The van der Waals surface area contributed by atoms with Crippen molar-refractivity contribution in [2.24, 2.45) is 0 Å². The maximum absolute atomic E-state index is 11.8. The van der Waals surface area contributed by atoms with Gasteiger partial charge < -0.3 is 9.47 Å². The minimum absolute atomic E-state index is 0.0411. The molecule has 0 unspecified atom stereocenters. The summed E-state index contributed by atoms with van der Waals surface area (Å²) in [5, 5.41) is 0. The summed E-state index contributed by atoms with van der Waals surface area (Å²) in [6, 6.07) is 12.4. The topological polar surface area (TPSA) is 48.4 Å². The zero-order valence-corrected chi connectivity index (χ0v) is 13.7. The lowest BCUT2D eigenvalue weighted by Crippen LogP contribution is -2.16. The zero-order chi connectivity index (χ0) is 16.0. The largest absolute Gasteiger partial charge is 0.439 e. The van der Waals surface area contributed by atoms with Crippen LogP contribution in [0.2, 0.25) is 0 Å². The molecule has 0 aliphatic heterocycles. The first-order valence-corrected chi connectivity index (χ1v) is 7.94. The number of esters is 1. The van der Waals surface area contributed by atoms with E-state index < -0.39 is 0 Å². The van der Waals surface area contributed by atoms with Crippen molar-refractivity contribution in [1.29, 1.82) is 0 Å². The van der Waals surface area contributed by atoms with Crippen LogP contribution in [-0.2, 0) is 4.79 Å². The molecule has 2 rings (SSSR count). The fraction of sp³-hybridized carbons (Fsp3) is 0.294. The lowest BCUT2D eigenvalue weighted by Gasteiger charge is -2.16. The van der Waals surface area contributed by atoms with Gasteiger partial charge in [0.15, 0.2) is 0 Å². The van der Waals surface area contributed by atoms with Crippen LogP contribution in [0.25, 0.3) is 0 Å². The molecule has 0 fully saturated rings. The van der Waals surface area contributed by atoms with E-state index >= 15 is 0 Å². The second-order valence-corrected chi connectivity index (χ2v) is 7.42. The van der Waals surface area contributed by atoms with Crippen molar-refractivity contribution in [3.05, 3.63) is 48.7 Å². The summed E-state index contributed by atoms with van der Waals surface area (Å²) in [5.41, 5.74) is 0. The molecule has 1 aromatic heterocycles. The number of thioether (sulfide) groups is 1. The lowest BCUT2D eigenvalue weighted by atomic mass is 10.3. The van der Waals surface area contributed by atoms with Gasteiger partial charge in [-0.1, -0.05) is 26.8 Å². The van der Waals surface area contributed by atoms with Gasteiger partial charge in [0.25, 0.3) is 0 Å². The van der Waals surface area contributed by atoms with Gasteiger partial charge in [0, 0.05) is 17.0 Å². The Hall–Kier alpha value is -2.01. The number of benzene rings is 1. The standard InChI is InChI=1S/C17H19NO3S/c1-17(2,3)22-12-16(19)21-14-9-7-13(8-10-14)20-15-6-4-5-11-18-15/h4-11H,12H2,1-3H3. The molecule has 2 aromatic rings. The third kappa shape index (κ3) is 5.77. The van der Waals surface area contributed by atoms with Gasteiger partial charge in [-0.2, -0.15) is 0 Å². The van der Waals surface area contributed by atoms with Crippen LogP contribution < -0.4 is 9.47 Å². The Kier molecular flexibility index (Phi) is 5.44. The van der Waals surface area contributed by atoms with E-state index in [4.69, 9.17) is 9.47 Å². The van der Waals surface area contributed by atoms with Crippen LogP contribution in [0.5, 0.6) is 17.4 Å². The van der Waals surface area contributed by atoms with Crippen LogP contribution in [0, 0.1) is 0 Å². The van der Waals surface area contributed by atoms with Crippen molar-refractivity contribution >= 4 is 17.7 Å². The highest BCUT2D eigenvalue weighted by atomic mass is 32.2. The predicted octanol–water partition coefficient (Wildman–Crippen LogP) is 4.31. The molecular formula is C17H19NO3S. The molecule has 0 amide bonds. The Bertz CT molecular complexity index is 606. The van der Waals surface area contributed by atoms with E-state index in [-0.39, 0.29) is 10.7 Å². The van der Waals surface area contributed by atoms with Crippen LogP contribution in [0.15, 0.2) is 48.7 Å². The summed E-state index contributed by atoms with van der Waals surface area (Å²) >= 11 is 1.56. The summed E-state index contributed by atoms with van der Waals surface area (Å²) in [4.78, 5) is 15.8. The van der Waals surface area contributed by atoms with Gasteiger partial charge in [0.05, 0.1) is 5.75 Å². The second kappa shape index (κ2) is 7.31. The Morgan fingerprint density at radius 3 is 2.36 bits per heavy atom. The van der Waals surface area contributed by atoms with Crippen LogP contribution >= 0.6 is 11.8 Å². The number of aromatic nitrogens is 1. The van der Waals surface area contributed by atoms with Crippen LogP contribution in [-0.4, -0.2) is 21.5 Å². The molecule has 0 atom stereocenters. The fourth-order valence-electron chi connectivity index (χ4n) is 1.54. The smallest absolute Gasteiger partial charge is 0.321 e. The highest BCUT2D eigenvalue weighted by molar-refractivity contribution is 8.01. The number of hydrogen-bond donors (Lipinski definition) is 0. The third-order valence-corrected chi connectivity index (χ3v) is 3.78. The second-order valence-electron chi connectivity index (χ2n) is 5.62. The van der Waals surface area contributed by atoms with Gasteiger partial charge >= 0.3 is 5.97 Å². The van der Waals surface area contributed by atoms with Crippen molar-refractivity contribution in [2.45, 2.75) is 25.5 Å². The molecule has 0 radical (unpaired) electrons. The van der Waals surface area contributed by atoms with E-state index in [1.807, 2.05) is 12.1 Å². The van der Waals surface area contributed by atoms with E-state index in [1.54, 1.807) is 48.3 Å². The Morgan fingerprint density at radius 1 is 1.09 bits per heavy atom. The normalized spacial score (nSPS) is 11.0. The van der Waals surface area contributed by atoms with Crippen molar-refractivity contribution in [1.82, 2.24) is 4.98 Å². The Balaban J connectivity index is 1.88. The number of ether oxygens (including phenoxy) is 2. The molecule has 0 bridgehead atoms. The lowest BCUT2D eigenvalue weighted by molar-refractivity contribution is -0.131. The first-order valence-electron chi connectivity index (χ1n) is 6.96. The molecule has 22 heavy (non-hydrogen) atoms. The number of hydrogen-bond acceptors (Lipinski definition) is 5. The van der Waals surface area contributed by atoms with E-state index in [0.29, 0.717) is 23.1 Å². The van der Waals surface area contributed by atoms with E-state index in [2.05, 4.69) is 25.8 Å². The minimum atomic E-state index is -0.252. The quantitative estimate of drug-likeness (QED) is 0.607. The average molecular weight is 317 g/mol. The van der Waals surface area contributed by atoms with Gasteiger partial charge in [0.1, 0.15) is 11.5 Å². The van der Waals surface area contributed by atoms with Crippen molar-refractivity contribution in [3.8, 4) is 17.4 Å². The highest BCUT2D eigenvalue weighted by Gasteiger charge is 2.14. The highest BCUT2D eigenvalue weighted by Crippen LogP contribution is 2.25. The number of nitrogens with zero attached hydrogens (tertiary/aromatic N) is 1. The van der Waals surface area contributed by atoms with Crippen molar-refractivity contribution in [3.63, 3.8) is 0 Å². The summed E-state index contributed by atoms with van der Waals surface area (Å²) < 4.78 is 10.9. The van der Waals surface area contributed by atoms with E-state index in [9.17, 15) is 4.79 Å². The molecule has 1 aromatic carbocycles.